The van der Waals surface area contributed by atoms with E-state index in [-0.39, 0.29) is 11.9 Å². The molecule has 3 rings (SSSR count). The van der Waals surface area contributed by atoms with Crippen LogP contribution in [0.3, 0.4) is 0 Å². The van der Waals surface area contributed by atoms with Gasteiger partial charge in [0.15, 0.2) is 0 Å². The van der Waals surface area contributed by atoms with E-state index in [0.29, 0.717) is 12.3 Å². The maximum absolute atomic E-state index is 12.1. The maximum atomic E-state index is 12.1. The monoisotopic (exact) mass is 274 g/mol. The Morgan fingerprint density at radius 2 is 2.35 bits per heavy atom. The van der Waals surface area contributed by atoms with Gasteiger partial charge in [0.05, 0.1) is 0 Å². The van der Waals surface area contributed by atoms with E-state index in [0.717, 1.165) is 50.3 Å². The molecule has 0 fully saturated rings. The zero-order valence-corrected chi connectivity index (χ0v) is 12.0. The number of rotatable bonds is 4. The predicted molar refractivity (Wildman–Crippen MR) is 76.1 cm³/mol. The molecule has 0 saturated carbocycles. The summed E-state index contributed by atoms with van der Waals surface area (Å²) in [5, 5.41) is 11.6. The minimum atomic E-state index is 0.182. The predicted octanol–water partition coefficient (Wildman–Crippen LogP) is 1.63. The van der Waals surface area contributed by atoms with E-state index in [1.165, 1.54) is 0 Å². The number of nitrogens with one attached hydrogen (secondary N) is 1. The fourth-order valence-corrected chi connectivity index (χ4v) is 3.15. The number of fused-ring (bicyclic) bond motifs is 1. The fourth-order valence-electron chi connectivity index (χ4n) is 3.15. The molecular weight excluding hydrogens is 252 g/mol. The molecule has 0 aromatic carbocycles. The smallest absolute Gasteiger partial charge is 0.220 e. The molecular formula is C15H22N4O. The summed E-state index contributed by atoms with van der Waals surface area (Å²) in [5.74, 6) is 2.71. The minimum absolute atomic E-state index is 0.182. The lowest BCUT2D eigenvalue weighted by molar-refractivity contribution is -0.122. The van der Waals surface area contributed by atoms with Crippen LogP contribution in [0.5, 0.6) is 0 Å². The topological polar surface area (TPSA) is 59.8 Å². The van der Waals surface area contributed by atoms with Crippen LogP contribution in [0.25, 0.3) is 0 Å². The van der Waals surface area contributed by atoms with Crippen LogP contribution < -0.4 is 5.32 Å². The van der Waals surface area contributed by atoms with Crippen molar-refractivity contribution in [3.63, 3.8) is 0 Å². The molecule has 2 heterocycles. The summed E-state index contributed by atoms with van der Waals surface area (Å²) in [7, 11) is 0. The van der Waals surface area contributed by atoms with Gasteiger partial charge in [0, 0.05) is 31.8 Å². The molecule has 5 nitrogen and oxygen atoms in total. The molecule has 1 aliphatic heterocycles. The standard InChI is InChI=1S/C15H22N4O/c1-2-13-17-18-14-8-7-12(10-19(13)14)16-15(20)9-11-5-3-4-6-11/h3,5,11-12H,2,4,6-10H2,1H3,(H,16,20). The fraction of sp³-hybridized carbons (Fsp3) is 0.667. The molecule has 2 atom stereocenters. The second-order valence-electron chi connectivity index (χ2n) is 5.77. The van der Waals surface area contributed by atoms with Crippen molar-refractivity contribution in [3.05, 3.63) is 23.8 Å². The maximum Gasteiger partial charge on any atom is 0.220 e. The summed E-state index contributed by atoms with van der Waals surface area (Å²) in [6.07, 6.45) is 9.97. The second kappa shape index (κ2) is 5.77. The van der Waals surface area contributed by atoms with Gasteiger partial charge < -0.3 is 9.88 Å². The third-order valence-corrected chi connectivity index (χ3v) is 4.26. The van der Waals surface area contributed by atoms with Crippen LogP contribution in [-0.4, -0.2) is 26.7 Å². The highest BCUT2D eigenvalue weighted by atomic mass is 16.1. The van der Waals surface area contributed by atoms with Crippen molar-refractivity contribution in [3.8, 4) is 0 Å². The molecule has 1 aromatic heterocycles. The first-order valence-electron chi connectivity index (χ1n) is 7.63. The van der Waals surface area contributed by atoms with Crippen LogP contribution in [0.4, 0.5) is 0 Å². The highest BCUT2D eigenvalue weighted by Gasteiger charge is 2.24. The van der Waals surface area contributed by atoms with Gasteiger partial charge in [-0.05, 0) is 25.2 Å². The number of aromatic nitrogens is 3. The van der Waals surface area contributed by atoms with Gasteiger partial charge in [-0.25, -0.2) is 0 Å². The molecule has 0 saturated heterocycles. The number of amides is 1. The number of hydrogen-bond donors (Lipinski definition) is 1. The van der Waals surface area contributed by atoms with Crippen LogP contribution in [0, 0.1) is 5.92 Å². The third-order valence-electron chi connectivity index (χ3n) is 4.26. The van der Waals surface area contributed by atoms with Crippen molar-refractivity contribution in [2.45, 2.75) is 58.0 Å². The van der Waals surface area contributed by atoms with E-state index in [1.54, 1.807) is 0 Å². The van der Waals surface area contributed by atoms with Crippen LogP contribution >= 0.6 is 0 Å². The van der Waals surface area contributed by atoms with Crippen molar-refractivity contribution in [1.29, 1.82) is 0 Å². The van der Waals surface area contributed by atoms with E-state index in [9.17, 15) is 4.79 Å². The molecule has 0 radical (unpaired) electrons. The Morgan fingerprint density at radius 3 is 3.10 bits per heavy atom. The lowest BCUT2D eigenvalue weighted by atomic mass is 10.0. The summed E-state index contributed by atoms with van der Waals surface area (Å²) < 4.78 is 2.17. The molecule has 0 bridgehead atoms. The number of allylic oxidation sites excluding steroid dienone is 2. The van der Waals surface area contributed by atoms with Crippen LogP contribution in [-0.2, 0) is 24.2 Å². The van der Waals surface area contributed by atoms with Gasteiger partial charge in [0.2, 0.25) is 5.91 Å². The lowest BCUT2D eigenvalue weighted by Gasteiger charge is -2.25. The van der Waals surface area contributed by atoms with Crippen LogP contribution in [0.1, 0.15) is 44.3 Å². The molecule has 1 aliphatic carbocycles. The SMILES string of the molecule is CCc1nnc2n1CC(NC(=O)CC1C=CCC1)CC2. The third kappa shape index (κ3) is 2.76. The summed E-state index contributed by atoms with van der Waals surface area (Å²) in [6, 6.07) is 0.224. The van der Waals surface area contributed by atoms with Gasteiger partial charge in [-0.15, -0.1) is 10.2 Å². The number of nitrogens with zero attached hydrogens (tertiary/aromatic N) is 3. The Kier molecular flexibility index (Phi) is 3.85. The zero-order chi connectivity index (χ0) is 13.9. The summed E-state index contributed by atoms with van der Waals surface area (Å²) in [5.41, 5.74) is 0. The molecule has 1 amide bonds. The number of carbonyl (C=O) groups is 1. The van der Waals surface area contributed by atoms with E-state index in [4.69, 9.17) is 0 Å². The Bertz CT molecular complexity index is 506. The van der Waals surface area contributed by atoms with Crippen molar-refractivity contribution in [2.24, 2.45) is 5.92 Å². The highest BCUT2D eigenvalue weighted by molar-refractivity contribution is 5.76. The summed E-state index contributed by atoms with van der Waals surface area (Å²) >= 11 is 0. The lowest BCUT2D eigenvalue weighted by Crippen LogP contribution is -2.41. The molecule has 5 heteroatoms. The van der Waals surface area contributed by atoms with Gasteiger partial charge in [0.25, 0.3) is 0 Å². The Balaban J connectivity index is 1.56. The first kappa shape index (κ1) is 13.3. The van der Waals surface area contributed by atoms with Crippen molar-refractivity contribution < 1.29 is 4.79 Å². The van der Waals surface area contributed by atoms with Crippen molar-refractivity contribution in [2.75, 3.05) is 0 Å². The van der Waals surface area contributed by atoms with Gasteiger partial charge in [0.1, 0.15) is 11.6 Å². The largest absolute Gasteiger partial charge is 0.352 e. The number of carbonyl (C=O) groups excluding carboxylic acids is 1. The first-order chi connectivity index (χ1) is 9.76. The summed E-state index contributed by atoms with van der Waals surface area (Å²) in [4.78, 5) is 12.1. The molecule has 108 valence electrons. The van der Waals surface area contributed by atoms with Crippen LogP contribution in [0.2, 0.25) is 0 Å². The van der Waals surface area contributed by atoms with E-state index < -0.39 is 0 Å². The van der Waals surface area contributed by atoms with Crippen LogP contribution in [0.15, 0.2) is 12.2 Å². The van der Waals surface area contributed by atoms with Gasteiger partial charge in [-0.3, -0.25) is 4.79 Å². The van der Waals surface area contributed by atoms with Crippen molar-refractivity contribution in [1.82, 2.24) is 20.1 Å². The normalized spacial score (nSPS) is 24.6. The van der Waals surface area contributed by atoms with E-state index in [1.807, 2.05) is 0 Å². The van der Waals surface area contributed by atoms with Gasteiger partial charge >= 0.3 is 0 Å². The zero-order valence-electron chi connectivity index (χ0n) is 12.0. The second-order valence-corrected chi connectivity index (χ2v) is 5.77. The van der Waals surface area contributed by atoms with Crippen molar-refractivity contribution >= 4 is 5.91 Å². The Labute approximate surface area is 119 Å². The average Bonchev–Trinajstić information content (AvgIpc) is 3.07. The molecule has 1 aromatic rings. The Hall–Kier alpha value is -1.65. The van der Waals surface area contributed by atoms with Gasteiger partial charge in [-0.2, -0.15) is 0 Å². The Morgan fingerprint density at radius 1 is 1.45 bits per heavy atom. The molecule has 0 spiro atoms. The van der Waals surface area contributed by atoms with E-state index in [2.05, 4.69) is 39.2 Å². The first-order valence-corrected chi connectivity index (χ1v) is 7.63. The highest BCUT2D eigenvalue weighted by Crippen LogP contribution is 2.21. The molecule has 1 N–H and O–H groups in total. The molecule has 2 unspecified atom stereocenters. The molecule has 2 aliphatic rings. The van der Waals surface area contributed by atoms with E-state index >= 15 is 0 Å². The number of hydrogen-bond acceptors (Lipinski definition) is 3. The van der Waals surface area contributed by atoms with Gasteiger partial charge in [-0.1, -0.05) is 19.1 Å². The summed E-state index contributed by atoms with van der Waals surface area (Å²) in [6.45, 7) is 2.91. The quantitative estimate of drug-likeness (QED) is 0.849. The molecule has 20 heavy (non-hydrogen) atoms. The number of aryl methyl sites for hydroxylation is 2. The average molecular weight is 274 g/mol. The minimum Gasteiger partial charge on any atom is -0.352 e.